The molecule has 1 aliphatic rings. The van der Waals surface area contributed by atoms with Gasteiger partial charge in [0.05, 0.1) is 22.5 Å². The number of halogens is 1. The average molecular weight is 536 g/mol. The van der Waals surface area contributed by atoms with Crippen molar-refractivity contribution >= 4 is 44.9 Å². The summed E-state index contributed by atoms with van der Waals surface area (Å²) in [5.41, 5.74) is 3.17. The molecule has 0 aliphatic heterocycles. The third kappa shape index (κ3) is 5.22. The van der Waals surface area contributed by atoms with Crippen LogP contribution in [-0.2, 0) is 17.6 Å². The number of anilines is 1. The monoisotopic (exact) mass is 535 g/mol. The van der Waals surface area contributed by atoms with Crippen LogP contribution in [-0.4, -0.2) is 21.2 Å². The largest absolute Gasteiger partial charge is 0.323 e. The van der Waals surface area contributed by atoms with Crippen molar-refractivity contribution in [3.63, 3.8) is 0 Å². The number of rotatable bonds is 5. The highest BCUT2D eigenvalue weighted by atomic mass is 32.2. The van der Waals surface area contributed by atoms with Crippen molar-refractivity contribution in [2.24, 2.45) is 11.3 Å². The molecule has 1 atom stereocenters. The fraction of sp³-hybridized carbons (Fsp3) is 0.345. The highest BCUT2D eigenvalue weighted by molar-refractivity contribution is 7.99. The Hall–Kier alpha value is -2.97. The molecule has 8 heteroatoms. The molecule has 1 aliphatic carbocycles. The van der Waals surface area contributed by atoms with Gasteiger partial charge in [-0.1, -0.05) is 62.4 Å². The smallest absolute Gasteiger partial charge is 0.267 e. The Labute approximate surface area is 224 Å². The molecule has 192 valence electrons. The molecule has 5 nitrogen and oxygen atoms in total. The molecule has 2 aromatic carbocycles. The van der Waals surface area contributed by atoms with E-state index >= 15 is 0 Å². The Morgan fingerprint density at radius 1 is 1.19 bits per heavy atom. The molecular formula is C29H30FN3O2S2. The van der Waals surface area contributed by atoms with Crippen LogP contribution in [0.5, 0.6) is 0 Å². The van der Waals surface area contributed by atoms with Crippen molar-refractivity contribution in [1.29, 1.82) is 0 Å². The van der Waals surface area contributed by atoms with E-state index in [0.717, 1.165) is 35.2 Å². The summed E-state index contributed by atoms with van der Waals surface area (Å²) in [7, 11) is 0. The van der Waals surface area contributed by atoms with Gasteiger partial charge in [-0.3, -0.25) is 14.2 Å². The Balaban J connectivity index is 1.53. The number of thiophene rings is 1. The van der Waals surface area contributed by atoms with Crippen LogP contribution in [0, 0.1) is 24.1 Å². The summed E-state index contributed by atoms with van der Waals surface area (Å²) in [5, 5.41) is 3.77. The van der Waals surface area contributed by atoms with E-state index in [9.17, 15) is 14.0 Å². The Morgan fingerprint density at radius 3 is 2.62 bits per heavy atom. The number of aromatic nitrogens is 2. The number of hydrogen-bond acceptors (Lipinski definition) is 5. The molecule has 0 bridgehead atoms. The second-order valence-electron chi connectivity index (χ2n) is 10.7. The van der Waals surface area contributed by atoms with Crippen molar-refractivity contribution in [2.75, 3.05) is 11.1 Å². The SMILES string of the molecule is Cc1ccc(-n2c(SCC(=O)Nc3ccccc3F)nc3sc4c(c3c2=O)CCC(C(C)(C)C)C4)cc1. The van der Waals surface area contributed by atoms with Crippen LogP contribution in [0.1, 0.15) is 43.2 Å². The zero-order valence-electron chi connectivity index (χ0n) is 21.4. The van der Waals surface area contributed by atoms with E-state index in [-0.39, 0.29) is 28.3 Å². The Kier molecular flexibility index (Phi) is 6.98. The van der Waals surface area contributed by atoms with Gasteiger partial charge in [0, 0.05) is 4.88 Å². The predicted molar refractivity (Wildman–Crippen MR) is 151 cm³/mol. The van der Waals surface area contributed by atoms with E-state index in [1.807, 2.05) is 31.2 Å². The molecule has 0 spiro atoms. The molecule has 0 fully saturated rings. The highest BCUT2D eigenvalue weighted by Gasteiger charge is 2.32. The lowest BCUT2D eigenvalue weighted by Gasteiger charge is -2.33. The summed E-state index contributed by atoms with van der Waals surface area (Å²) < 4.78 is 15.6. The zero-order chi connectivity index (χ0) is 26.3. The minimum Gasteiger partial charge on any atom is -0.323 e. The minimum absolute atomic E-state index is 0.00463. The van der Waals surface area contributed by atoms with Crippen LogP contribution in [0.2, 0.25) is 0 Å². The molecule has 2 heterocycles. The lowest BCUT2D eigenvalue weighted by Crippen LogP contribution is -2.27. The molecule has 4 aromatic rings. The quantitative estimate of drug-likeness (QED) is 0.226. The van der Waals surface area contributed by atoms with Gasteiger partial charge < -0.3 is 5.32 Å². The van der Waals surface area contributed by atoms with Crippen LogP contribution in [0.3, 0.4) is 0 Å². The number of nitrogens with one attached hydrogen (secondary N) is 1. The van der Waals surface area contributed by atoms with Crippen molar-refractivity contribution in [3.05, 3.63) is 80.7 Å². The first-order chi connectivity index (χ1) is 17.6. The van der Waals surface area contributed by atoms with E-state index in [4.69, 9.17) is 4.98 Å². The molecule has 5 rings (SSSR count). The lowest BCUT2D eigenvalue weighted by atomic mass is 9.72. The van der Waals surface area contributed by atoms with Crippen molar-refractivity contribution < 1.29 is 9.18 Å². The van der Waals surface area contributed by atoms with Gasteiger partial charge in [-0.05, 0) is 67.3 Å². The summed E-state index contributed by atoms with van der Waals surface area (Å²) in [4.78, 5) is 33.5. The molecule has 0 saturated carbocycles. The molecule has 1 amide bonds. The number of fused-ring (bicyclic) bond motifs is 3. The number of hydrogen-bond donors (Lipinski definition) is 1. The van der Waals surface area contributed by atoms with Crippen LogP contribution >= 0.6 is 23.1 Å². The molecule has 37 heavy (non-hydrogen) atoms. The van der Waals surface area contributed by atoms with Gasteiger partial charge in [-0.15, -0.1) is 11.3 Å². The number of para-hydroxylation sites is 1. The van der Waals surface area contributed by atoms with Crippen LogP contribution in [0.15, 0.2) is 58.5 Å². The van der Waals surface area contributed by atoms with Gasteiger partial charge in [0.1, 0.15) is 10.6 Å². The Bertz CT molecular complexity index is 1530. The third-order valence-corrected chi connectivity index (χ3v) is 9.14. The van der Waals surface area contributed by atoms with E-state index in [2.05, 4.69) is 26.1 Å². The number of benzene rings is 2. The van der Waals surface area contributed by atoms with E-state index in [1.165, 1.54) is 28.8 Å². The highest BCUT2D eigenvalue weighted by Crippen LogP contribution is 2.42. The maximum Gasteiger partial charge on any atom is 0.267 e. The minimum atomic E-state index is -0.491. The average Bonchev–Trinajstić information content (AvgIpc) is 3.22. The first-order valence-corrected chi connectivity index (χ1v) is 14.2. The van der Waals surface area contributed by atoms with E-state index in [1.54, 1.807) is 28.0 Å². The van der Waals surface area contributed by atoms with Crippen LogP contribution in [0.25, 0.3) is 15.9 Å². The molecule has 1 unspecified atom stereocenters. The third-order valence-electron chi connectivity index (χ3n) is 7.05. The molecule has 0 radical (unpaired) electrons. The second-order valence-corrected chi connectivity index (χ2v) is 12.7. The number of thioether (sulfide) groups is 1. The van der Waals surface area contributed by atoms with E-state index < -0.39 is 5.82 Å². The maximum absolute atomic E-state index is 14.0. The van der Waals surface area contributed by atoms with Gasteiger partial charge in [0.2, 0.25) is 5.91 Å². The van der Waals surface area contributed by atoms with Crippen LogP contribution < -0.4 is 10.9 Å². The summed E-state index contributed by atoms with van der Waals surface area (Å²) in [6.45, 7) is 8.83. The first-order valence-electron chi connectivity index (χ1n) is 12.4. The molecule has 1 N–H and O–H groups in total. The number of amides is 1. The molecule has 2 aromatic heterocycles. The summed E-state index contributed by atoms with van der Waals surface area (Å²) in [6.07, 6.45) is 2.88. The van der Waals surface area contributed by atoms with Gasteiger partial charge in [0.15, 0.2) is 5.16 Å². The normalized spacial score (nSPS) is 15.5. The second kappa shape index (κ2) is 10.1. The van der Waals surface area contributed by atoms with Gasteiger partial charge in [0.25, 0.3) is 5.56 Å². The van der Waals surface area contributed by atoms with Crippen molar-refractivity contribution in [3.8, 4) is 5.69 Å². The number of carbonyl (C=O) groups excluding carboxylic acids is 1. The fourth-order valence-corrected chi connectivity index (χ4v) is 7.00. The summed E-state index contributed by atoms with van der Waals surface area (Å²) >= 11 is 2.79. The predicted octanol–water partition coefficient (Wildman–Crippen LogP) is 6.78. The number of nitrogens with zero attached hydrogens (tertiary/aromatic N) is 2. The standard InChI is InChI=1S/C29H30FN3O2S2/c1-17-9-12-19(13-10-17)33-27(35)25-20-14-11-18(29(2,3)4)15-23(20)37-26(25)32-28(33)36-16-24(34)31-22-8-6-5-7-21(22)30/h5-10,12-13,18H,11,14-16H2,1-4H3,(H,31,34). The molecular weight excluding hydrogens is 505 g/mol. The van der Waals surface area contributed by atoms with Gasteiger partial charge in [-0.25, -0.2) is 9.37 Å². The molecule has 0 saturated heterocycles. The van der Waals surface area contributed by atoms with Gasteiger partial charge >= 0.3 is 0 Å². The van der Waals surface area contributed by atoms with Crippen molar-refractivity contribution in [2.45, 2.75) is 52.1 Å². The van der Waals surface area contributed by atoms with Crippen LogP contribution in [0.4, 0.5) is 10.1 Å². The summed E-state index contributed by atoms with van der Waals surface area (Å²) in [5.74, 6) is -0.300. The topological polar surface area (TPSA) is 64.0 Å². The Morgan fingerprint density at radius 2 is 1.92 bits per heavy atom. The number of aryl methyl sites for hydroxylation is 2. The van der Waals surface area contributed by atoms with Crippen molar-refractivity contribution in [1.82, 2.24) is 9.55 Å². The number of carbonyl (C=O) groups is 1. The first kappa shape index (κ1) is 25.7. The van der Waals surface area contributed by atoms with Gasteiger partial charge in [-0.2, -0.15) is 0 Å². The zero-order valence-corrected chi connectivity index (χ0v) is 23.1. The summed E-state index contributed by atoms with van der Waals surface area (Å²) in [6, 6.07) is 13.8. The lowest BCUT2D eigenvalue weighted by molar-refractivity contribution is -0.113. The fourth-order valence-electron chi connectivity index (χ4n) is 4.84. The maximum atomic E-state index is 14.0. The van der Waals surface area contributed by atoms with E-state index in [0.29, 0.717) is 22.1 Å².